The van der Waals surface area contributed by atoms with Crippen molar-refractivity contribution in [3.8, 4) is 6.07 Å². The summed E-state index contributed by atoms with van der Waals surface area (Å²) in [6.45, 7) is 3.64. The van der Waals surface area contributed by atoms with E-state index in [0.29, 0.717) is 12.8 Å². The van der Waals surface area contributed by atoms with Crippen molar-refractivity contribution in [3.63, 3.8) is 0 Å². The van der Waals surface area contributed by atoms with E-state index in [4.69, 9.17) is 10.4 Å². The normalized spacial score (nSPS) is 18.0. The summed E-state index contributed by atoms with van der Waals surface area (Å²) in [6.07, 6.45) is 2.63. The summed E-state index contributed by atoms with van der Waals surface area (Å²) >= 11 is 0. The molecule has 0 heterocycles. The third-order valence-corrected chi connectivity index (χ3v) is 3.39. The molecule has 4 nitrogen and oxygen atoms in total. The predicted molar refractivity (Wildman–Crippen MR) is 55.8 cm³/mol. The number of rotatable bonds is 5. The maximum atomic E-state index is 11.9. The Morgan fingerprint density at radius 2 is 2.07 bits per heavy atom. The van der Waals surface area contributed by atoms with Gasteiger partial charge in [0, 0.05) is 0 Å². The summed E-state index contributed by atoms with van der Waals surface area (Å²) in [7, 11) is 0. The Morgan fingerprint density at radius 3 is 2.33 bits per heavy atom. The zero-order valence-electron chi connectivity index (χ0n) is 9.34. The topological polar surface area (TPSA) is 73.1 Å². The monoisotopic (exact) mass is 210 g/mol. The number of hydrogen-bond donors (Lipinski definition) is 2. The molecular formula is C11H18N2O2. The number of nitriles is 1. The largest absolute Gasteiger partial charge is 0.394 e. The molecule has 0 atom stereocenters. The predicted octanol–water partition coefficient (Wildman–Crippen LogP) is 0.957. The lowest BCUT2D eigenvalue weighted by Crippen LogP contribution is -2.47. The van der Waals surface area contributed by atoms with Crippen LogP contribution in [-0.4, -0.2) is 23.2 Å². The molecule has 1 fully saturated rings. The first kappa shape index (κ1) is 12.0. The molecule has 0 aliphatic heterocycles. The van der Waals surface area contributed by atoms with E-state index in [-0.39, 0.29) is 12.5 Å². The molecule has 0 radical (unpaired) electrons. The van der Waals surface area contributed by atoms with Crippen LogP contribution in [0.5, 0.6) is 0 Å². The Hall–Kier alpha value is -1.08. The quantitative estimate of drug-likeness (QED) is 0.709. The lowest BCUT2D eigenvalue weighted by Gasteiger charge is -2.25. The van der Waals surface area contributed by atoms with Gasteiger partial charge in [-0.1, -0.05) is 13.8 Å². The van der Waals surface area contributed by atoms with Gasteiger partial charge in [0.05, 0.1) is 18.2 Å². The molecule has 1 aliphatic rings. The third kappa shape index (κ3) is 2.13. The molecule has 0 aromatic carbocycles. The molecule has 15 heavy (non-hydrogen) atoms. The van der Waals surface area contributed by atoms with Gasteiger partial charge in [-0.05, 0) is 25.7 Å². The molecule has 0 spiro atoms. The standard InChI is InChI=1S/C11H18N2O2/c1-3-10(4-2,7-12)9(15)13-11(8-14)5-6-11/h14H,3-6,8H2,1-2H3,(H,13,15). The summed E-state index contributed by atoms with van der Waals surface area (Å²) in [5, 5.41) is 21.0. The molecule has 1 saturated carbocycles. The molecule has 1 rings (SSSR count). The van der Waals surface area contributed by atoms with Crippen molar-refractivity contribution in [2.24, 2.45) is 5.41 Å². The number of carbonyl (C=O) groups excluding carboxylic acids is 1. The van der Waals surface area contributed by atoms with Gasteiger partial charge in [0.1, 0.15) is 5.41 Å². The maximum absolute atomic E-state index is 11.9. The van der Waals surface area contributed by atoms with E-state index in [1.54, 1.807) is 0 Å². The van der Waals surface area contributed by atoms with Crippen molar-refractivity contribution in [2.45, 2.75) is 45.1 Å². The number of nitrogens with zero attached hydrogens (tertiary/aromatic N) is 1. The Bertz CT molecular complexity index is 285. The zero-order valence-corrected chi connectivity index (χ0v) is 9.34. The van der Waals surface area contributed by atoms with Crippen LogP contribution >= 0.6 is 0 Å². The summed E-state index contributed by atoms with van der Waals surface area (Å²) in [5.74, 6) is -0.235. The molecule has 84 valence electrons. The van der Waals surface area contributed by atoms with Crippen LogP contribution in [0.3, 0.4) is 0 Å². The van der Waals surface area contributed by atoms with Gasteiger partial charge in [-0.15, -0.1) is 0 Å². The third-order valence-electron chi connectivity index (χ3n) is 3.39. The fraction of sp³-hybridized carbons (Fsp3) is 0.818. The average molecular weight is 210 g/mol. The number of nitrogens with one attached hydrogen (secondary N) is 1. The van der Waals surface area contributed by atoms with Gasteiger partial charge in [-0.2, -0.15) is 5.26 Å². The Balaban J connectivity index is 2.70. The van der Waals surface area contributed by atoms with Gasteiger partial charge in [-0.25, -0.2) is 0 Å². The average Bonchev–Trinajstić information content (AvgIpc) is 3.02. The molecule has 0 saturated heterocycles. The van der Waals surface area contributed by atoms with Crippen LogP contribution < -0.4 is 5.32 Å². The molecule has 0 aromatic heterocycles. The van der Waals surface area contributed by atoms with E-state index in [9.17, 15) is 4.79 Å². The second kappa shape index (κ2) is 4.19. The van der Waals surface area contributed by atoms with Crippen LogP contribution in [0.15, 0.2) is 0 Å². The molecule has 4 heteroatoms. The van der Waals surface area contributed by atoms with Gasteiger partial charge in [-0.3, -0.25) is 4.79 Å². The summed E-state index contributed by atoms with van der Waals surface area (Å²) in [6, 6.07) is 2.10. The molecule has 1 amide bonds. The van der Waals surface area contributed by atoms with Crippen molar-refractivity contribution in [1.29, 1.82) is 5.26 Å². The Labute approximate surface area is 90.3 Å². The lowest BCUT2D eigenvalue weighted by atomic mass is 9.83. The van der Waals surface area contributed by atoms with E-state index in [1.807, 2.05) is 13.8 Å². The first-order valence-corrected chi connectivity index (χ1v) is 5.43. The minimum absolute atomic E-state index is 0.0341. The highest BCUT2D eigenvalue weighted by atomic mass is 16.3. The highest BCUT2D eigenvalue weighted by Gasteiger charge is 2.47. The lowest BCUT2D eigenvalue weighted by molar-refractivity contribution is -0.129. The maximum Gasteiger partial charge on any atom is 0.240 e. The number of carbonyl (C=O) groups is 1. The van der Waals surface area contributed by atoms with Gasteiger partial charge in [0.25, 0.3) is 0 Å². The van der Waals surface area contributed by atoms with Crippen LogP contribution in [0.2, 0.25) is 0 Å². The molecule has 0 aromatic rings. The fourth-order valence-corrected chi connectivity index (χ4v) is 1.61. The van der Waals surface area contributed by atoms with E-state index < -0.39 is 11.0 Å². The number of aliphatic hydroxyl groups is 1. The van der Waals surface area contributed by atoms with Crippen LogP contribution in [-0.2, 0) is 4.79 Å². The van der Waals surface area contributed by atoms with Crippen LogP contribution in [0.1, 0.15) is 39.5 Å². The number of amides is 1. The van der Waals surface area contributed by atoms with Gasteiger partial charge < -0.3 is 10.4 Å². The van der Waals surface area contributed by atoms with E-state index in [0.717, 1.165) is 12.8 Å². The minimum atomic E-state index is -0.926. The van der Waals surface area contributed by atoms with E-state index >= 15 is 0 Å². The van der Waals surface area contributed by atoms with E-state index in [1.165, 1.54) is 0 Å². The summed E-state index contributed by atoms with van der Waals surface area (Å²) in [4.78, 5) is 11.9. The summed E-state index contributed by atoms with van der Waals surface area (Å²) in [5.41, 5.74) is -1.35. The van der Waals surface area contributed by atoms with Crippen LogP contribution in [0, 0.1) is 16.7 Å². The highest BCUT2D eigenvalue weighted by molar-refractivity contribution is 5.86. The first-order valence-electron chi connectivity index (χ1n) is 5.43. The highest BCUT2D eigenvalue weighted by Crippen LogP contribution is 2.36. The number of hydrogen-bond acceptors (Lipinski definition) is 3. The molecule has 0 unspecified atom stereocenters. The van der Waals surface area contributed by atoms with Gasteiger partial charge >= 0.3 is 0 Å². The first-order chi connectivity index (χ1) is 7.08. The smallest absolute Gasteiger partial charge is 0.240 e. The van der Waals surface area contributed by atoms with Crippen molar-refractivity contribution in [2.75, 3.05) is 6.61 Å². The summed E-state index contributed by atoms with van der Waals surface area (Å²) < 4.78 is 0. The minimum Gasteiger partial charge on any atom is -0.394 e. The zero-order chi connectivity index (χ0) is 11.5. The Morgan fingerprint density at radius 1 is 1.53 bits per heavy atom. The molecular weight excluding hydrogens is 192 g/mol. The SMILES string of the molecule is CCC(C#N)(CC)C(=O)NC1(CO)CC1. The second-order valence-electron chi connectivity index (χ2n) is 4.29. The van der Waals surface area contributed by atoms with Crippen LogP contribution in [0.25, 0.3) is 0 Å². The van der Waals surface area contributed by atoms with E-state index in [2.05, 4.69) is 11.4 Å². The Kier molecular flexibility index (Phi) is 3.35. The van der Waals surface area contributed by atoms with Crippen LogP contribution in [0.4, 0.5) is 0 Å². The molecule has 1 aliphatic carbocycles. The fourth-order valence-electron chi connectivity index (χ4n) is 1.61. The van der Waals surface area contributed by atoms with Crippen molar-refractivity contribution < 1.29 is 9.90 Å². The molecule has 0 bridgehead atoms. The van der Waals surface area contributed by atoms with Gasteiger partial charge in [0.15, 0.2) is 0 Å². The van der Waals surface area contributed by atoms with Crippen molar-refractivity contribution in [1.82, 2.24) is 5.32 Å². The second-order valence-corrected chi connectivity index (χ2v) is 4.29. The number of aliphatic hydroxyl groups excluding tert-OH is 1. The molecule has 2 N–H and O–H groups in total. The van der Waals surface area contributed by atoms with Crippen molar-refractivity contribution in [3.05, 3.63) is 0 Å². The van der Waals surface area contributed by atoms with Gasteiger partial charge in [0.2, 0.25) is 5.91 Å². The van der Waals surface area contributed by atoms with Crippen molar-refractivity contribution >= 4 is 5.91 Å².